The second-order valence-electron chi connectivity index (χ2n) is 7.37. The van der Waals surface area contributed by atoms with Crippen LogP contribution in [0.3, 0.4) is 0 Å². The van der Waals surface area contributed by atoms with Crippen LogP contribution in [-0.2, 0) is 32.0 Å². The Morgan fingerprint density at radius 1 is 1.14 bits per heavy atom. The fourth-order valence-corrected chi connectivity index (χ4v) is 3.83. The van der Waals surface area contributed by atoms with Gasteiger partial charge in [-0.05, 0) is 46.7 Å². The topological polar surface area (TPSA) is 44.8 Å². The van der Waals surface area contributed by atoms with Gasteiger partial charge in [0.1, 0.15) is 18.8 Å². The maximum Gasteiger partial charge on any atom is 0.302 e. The maximum atomic E-state index is 11.1. The van der Waals surface area contributed by atoms with Gasteiger partial charge < -0.3 is 14.2 Å². The number of benzene rings is 2. The summed E-state index contributed by atoms with van der Waals surface area (Å²) in [6.07, 6.45) is 5.64. The van der Waals surface area contributed by atoms with Gasteiger partial charge in [-0.3, -0.25) is 4.79 Å². The molecule has 0 aliphatic carbocycles. The van der Waals surface area contributed by atoms with Gasteiger partial charge in [0.25, 0.3) is 0 Å². The van der Waals surface area contributed by atoms with Gasteiger partial charge >= 0.3 is 5.97 Å². The first-order chi connectivity index (χ1) is 13.6. The van der Waals surface area contributed by atoms with Gasteiger partial charge in [-0.2, -0.15) is 0 Å². The van der Waals surface area contributed by atoms with Crippen LogP contribution in [0.1, 0.15) is 60.3 Å². The zero-order valence-electron chi connectivity index (χ0n) is 16.4. The van der Waals surface area contributed by atoms with Gasteiger partial charge in [-0.15, -0.1) is 0 Å². The molecule has 4 heteroatoms. The first kappa shape index (κ1) is 18.9. The van der Waals surface area contributed by atoms with Crippen molar-refractivity contribution in [2.24, 2.45) is 0 Å². The van der Waals surface area contributed by atoms with Crippen molar-refractivity contribution in [2.75, 3.05) is 6.61 Å². The number of fused-ring (bicyclic) bond motifs is 1. The second-order valence-corrected chi connectivity index (χ2v) is 7.37. The second kappa shape index (κ2) is 8.29. The van der Waals surface area contributed by atoms with Crippen LogP contribution in [-0.4, -0.2) is 18.7 Å². The Balaban J connectivity index is 1.53. The van der Waals surface area contributed by atoms with Crippen molar-refractivity contribution >= 4 is 5.97 Å². The predicted molar refractivity (Wildman–Crippen MR) is 107 cm³/mol. The summed E-state index contributed by atoms with van der Waals surface area (Å²) in [5.74, 6) is -0.286. The van der Waals surface area contributed by atoms with E-state index in [-0.39, 0.29) is 30.9 Å². The molecule has 0 fully saturated rings. The zero-order valence-corrected chi connectivity index (χ0v) is 16.4. The number of carbonyl (C=O) groups excluding carboxylic acids is 1. The summed E-state index contributed by atoms with van der Waals surface area (Å²) < 4.78 is 17.3. The molecule has 2 aliphatic rings. The molecular weight excluding hydrogens is 352 g/mol. The molecule has 2 aliphatic heterocycles. The Hall–Kier alpha value is -2.43. The molecule has 4 nitrogen and oxygen atoms in total. The van der Waals surface area contributed by atoms with Crippen molar-refractivity contribution in [1.82, 2.24) is 0 Å². The van der Waals surface area contributed by atoms with E-state index in [1.807, 2.05) is 6.08 Å². The Labute approximate surface area is 166 Å². The van der Waals surface area contributed by atoms with Crippen LogP contribution >= 0.6 is 0 Å². The van der Waals surface area contributed by atoms with Crippen LogP contribution in [0.25, 0.3) is 0 Å². The molecule has 0 amide bonds. The first-order valence-electron chi connectivity index (χ1n) is 9.92. The molecule has 0 bridgehead atoms. The van der Waals surface area contributed by atoms with Crippen molar-refractivity contribution in [3.8, 4) is 0 Å². The highest BCUT2D eigenvalue weighted by molar-refractivity contribution is 5.65. The maximum absolute atomic E-state index is 11.1. The molecular formula is C24H26O4. The third-order valence-corrected chi connectivity index (χ3v) is 5.41. The number of ether oxygens (including phenoxy) is 3. The first-order valence-corrected chi connectivity index (χ1v) is 9.92. The molecule has 146 valence electrons. The minimum absolute atomic E-state index is 0.0307. The van der Waals surface area contributed by atoms with Gasteiger partial charge in [0, 0.05) is 6.92 Å². The van der Waals surface area contributed by atoms with Crippen molar-refractivity contribution < 1.29 is 19.0 Å². The van der Waals surface area contributed by atoms with Crippen LogP contribution in [0, 0.1) is 0 Å². The normalized spacial score (nSPS) is 23.4. The minimum Gasteiger partial charge on any atom is -0.463 e. The highest BCUT2D eigenvalue weighted by Gasteiger charge is 2.27. The number of hydrogen-bond acceptors (Lipinski definition) is 4. The van der Waals surface area contributed by atoms with E-state index in [0.29, 0.717) is 6.61 Å². The largest absolute Gasteiger partial charge is 0.463 e. The lowest BCUT2D eigenvalue weighted by molar-refractivity contribution is -0.145. The summed E-state index contributed by atoms with van der Waals surface area (Å²) in [4.78, 5) is 11.1. The zero-order chi connectivity index (χ0) is 19.5. The summed E-state index contributed by atoms with van der Waals surface area (Å²) in [6, 6.07) is 15.2. The third-order valence-electron chi connectivity index (χ3n) is 5.41. The molecule has 0 N–H and O–H groups in total. The Morgan fingerprint density at radius 3 is 2.68 bits per heavy atom. The summed E-state index contributed by atoms with van der Waals surface area (Å²) in [6.45, 7) is 4.47. The van der Waals surface area contributed by atoms with E-state index in [1.54, 1.807) is 0 Å². The molecule has 3 atom stereocenters. The summed E-state index contributed by atoms with van der Waals surface area (Å²) in [5.41, 5.74) is 6.10. The quantitative estimate of drug-likeness (QED) is 0.553. The number of hydrogen-bond donors (Lipinski definition) is 0. The Morgan fingerprint density at radius 2 is 1.93 bits per heavy atom. The molecule has 0 radical (unpaired) electrons. The number of esters is 1. The van der Waals surface area contributed by atoms with E-state index in [9.17, 15) is 4.79 Å². The van der Waals surface area contributed by atoms with Crippen LogP contribution in [0.4, 0.5) is 0 Å². The van der Waals surface area contributed by atoms with Gasteiger partial charge in [0.05, 0.1) is 12.7 Å². The Bertz CT molecular complexity index is 869. The van der Waals surface area contributed by atoms with E-state index >= 15 is 0 Å². The van der Waals surface area contributed by atoms with Crippen molar-refractivity contribution in [1.29, 1.82) is 0 Å². The van der Waals surface area contributed by atoms with Crippen molar-refractivity contribution in [3.05, 3.63) is 82.4 Å². The van der Waals surface area contributed by atoms with Crippen LogP contribution in [0.15, 0.2) is 54.6 Å². The molecule has 0 saturated heterocycles. The van der Waals surface area contributed by atoms with Crippen LogP contribution < -0.4 is 0 Å². The Kier molecular flexibility index (Phi) is 5.60. The molecule has 2 aromatic rings. The smallest absolute Gasteiger partial charge is 0.302 e. The lowest BCUT2D eigenvalue weighted by Gasteiger charge is -2.26. The number of aryl methyl sites for hydroxylation is 1. The van der Waals surface area contributed by atoms with Crippen LogP contribution in [0.2, 0.25) is 0 Å². The van der Waals surface area contributed by atoms with Crippen LogP contribution in [0.5, 0.6) is 0 Å². The SMILES string of the molecule is CCc1ccc([C@H]2OCc3ccc([C@@H]4CC=C[C@H](COC(C)=O)O4)cc32)cc1. The van der Waals surface area contributed by atoms with Gasteiger partial charge in [0.2, 0.25) is 0 Å². The summed E-state index contributed by atoms with van der Waals surface area (Å²) in [7, 11) is 0. The average Bonchev–Trinajstić information content (AvgIpc) is 3.16. The van der Waals surface area contributed by atoms with E-state index < -0.39 is 0 Å². The van der Waals surface area contributed by atoms with Gasteiger partial charge in [0.15, 0.2) is 0 Å². The fourth-order valence-electron chi connectivity index (χ4n) is 3.83. The average molecular weight is 378 g/mol. The van der Waals surface area contributed by atoms with Gasteiger partial charge in [-0.25, -0.2) is 0 Å². The highest BCUT2D eigenvalue weighted by Crippen LogP contribution is 2.39. The molecule has 4 rings (SSSR count). The molecule has 2 heterocycles. The third kappa shape index (κ3) is 4.03. The fraction of sp³-hybridized carbons (Fsp3) is 0.375. The number of rotatable bonds is 5. The minimum atomic E-state index is -0.286. The van der Waals surface area contributed by atoms with Crippen molar-refractivity contribution in [2.45, 2.75) is 51.6 Å². The monoisotopic (exact) mass is 378 g/mol. The van der Waals surface area contributed by atoms with Crippen molar-refractivity contribution in [3.63, 3.8) is 0 Å². The predicted octanol–water partition coefficient (Wildman–Crippen LogP) is 4.82. The lowest BCUT2D eigenvalue weighted by atomic mass is 9.94. The molecule has 0 unspecified atom stereocenters. The lowest BCUT2D eigenvalue weighted by Crippen LogP contribution is -2.24. The summed E-state index contributed by atoms with van der Waals surface area (Å²) >= 11 is 0. The number of carbonyl (C=O) groups is 1. The highest BCUT2D eigenvalue weighted by atomic mass is 16.6. The summed E-state index contributed by atoms with van der Waals surface area (Å²) in [5, 5.41) is 0. The molecule has 28 heavy (non-hydrogen) atoms. The standard InChI is InChI=1S/C24H26O4/c1-3-17-7-9-18(10-8-17)24-22-13-19(11-12-20(22)14-27-24)23-6-4-5-21(28-23)15-26-16(2)25/h4-5,7-13,21,23-24H,3,6,14-15H2,1-2H3/t21-,23+,24-/m1/s1. The molecule has 0 spiro atoms. The van der Waals surface area contributed by atoms with E-state index in [1.165, 1.54) is 29.2 Å². The van der Waals surface area contributed by atoms with Gasteiger partial charge in [-0.1, -0.05) is 55.5 Å². The molecule has 2 aromatic carbocycles. The van der Waals surface area contributed by atoms with E-state index in [0.717, 1.165) is 18.4 Å². The molecule has 0 saturated carbocycles. The molecule has 0 aromatic heterocycles. The van der Waals surface area contributed by atoms with E-state index in [2.05, 4.69) is 55.5 Å². The van der Waals surface area contributed by atoms with E-state index in [4.69, 9.17) is 14.2 Å².